The third kappa shape index (κ3) is 6.87. The Labute approximate surface area is 237 Å². The fourth-order valence-electron chi connectivity index (χ4n) is 4.79. The Hall–Kier alpha value is -2.89. The van der Waals surface area contributed by atoms with Gasteiger partial charge in [-0.3, -0.25) is 9.79 Å². The summed E-state index contributed by atoms with van der Waals surface area (Å²) >= 11 is 5.80. The summed E-state index contributed by atoms with van der Waals surface area (Å²) in [5, 5.41) is 5.75. The van der Waals surface area contributed by atoms with Gasteiger partial charge >= 0.3 is 0 Å². The van der Waals surface area contributed by atoms with Crippen LogP contribution in [0.5, 0.6) is 0 Å². The number of nitrogens with one attached hydrogen (secondary N) is 2. The van der Waals surface area contributed by atoms with Crippen LogP contribution in [0.15, 0.2) is 70.6 Å². The molecule has 0 bridgehead atoms. The number of amidine groups is 1. The Kier molecular flexibility index (Phi) is 8.68. The number of amides is 1. The van der Waals surface area contributed by atoms with Crippen molar-refractivity contribution in [1.82, 2.24) is 14.9 Å². The van der Waals surface area contributed by atoms with E-state index >= 15 is 0 Å². The Balaban J connectivity index is 1.43. The number of alkyl halides is 2. The van der Waals surface area contributed by atoms with Gasteiger partial charge in [0.05, 0.1) is 15.5 Å². The first kappa shape index (κ1) is 30.1. The van der Waals surface area contributed by atoms with Crippen molar-refractivity contribution in [3.05, 3.63) is 77.1 Å². The minimum Gasteiger partial charge on any atom is -0.357 e. The highest BCUT2D eigenvalue weighted by molar-refractivity contribution is 7.89. The highest BCUT2D eigenvalue weighted by Gasteiger charge is 2.46. The third-order valence-corrected chi connectivity index (χ3v) is 9.28. The Bertz CT molecular complexity index is 1410. The number of sulfonamides is 1. The largest absolute Gasteiger partial charge is 0.357 e. The number of nitrogens with zero attached hydrogens (tertiary/aromatic N) is 2. The lowest BCUT2D eigenvalue weighted by Gasteiger charge is -2.35. The van der Waals surface area contributed by atoms with Gasteiger partial charge < -0.3 is 10.6 Å². The first-order valence-electron chi connectivity index (χ1n) is 12.9. The maximum absolute atomic E-state index is 14.1. The van der Waals surface area contributed by atoms with Crippen LogP contribution in [0, 0.1) is 11.7 Å². The van der Waals surface area contributed by atoms with Gasteiger partial charge in [0.15, 0.2) is 0 Å². The molecule has 12 heteroatoms. The van der Waals surface area contributed by atoms with E-state index < -0.39 is 33.3 Å². The summed E-state index contributed by atoms with van der Waals surface area (Å²) in [6.07, 6.45) is -0.299. The zero-order valence-electron chi connectivity index (χ0n) is 22.3. The van der Waals surface area contributed by atoms with Crippen molar-refractivity contribution < 1.29 is 26.4 Å². The molecule has 1 amide bonds. The summed E-state index contributed by atoms with van der Waals surface area (Å²) in [5.41, 5.74) is 0.0609. The number of halogens is 4. The van der Waals surface area contributed by atoms with E-state index in [9.17, 15) is 26.4 Å². The summed E-state index contributed by atoms with van der Waals surface area (Å²) < 4.78 is 68.5. The van der Waals surface area contributed by atoms with Crippen molar-refractivity contribution in [2.45, 2.75) is 62.1 Å². The Morgan fingerprint density at radius 3 is 2.50 bits per heavy atom. The maximum Gasteiger partial charge on any atom is 0.248 e. The van der Waals surface area contributed by atoms with Gasteiger partial charge in [0.25, 0.3) is 0 Å². The van der Waals surface area contributed by atoms with E-state index in [1.807, 2.05) is 0 Å². The van der Waals surface area contributed by atoms with Crippen molar-refractivity contribution >= 4 is 33.4 Å². The van der Waals surface area contributed by atoms with Crippen LogP contribution in [0.3, 0.4) is 0 Å². The van der Waals surface area contributed by atoms with E-state index in [0.29, 0.717) is 17.0 Å². The van der Waals surface area contributed by atoms with E-state index in [1.54, 1.807) is 38.1 Å². The molecule has 7 nitrogen and oxygen atoms in total. The van der Waals surface area contributed by atoms with Gasteiger partial charge in [0.1, 0.15) is 17.7 Å². The average molecular weight is 597 g/mol. The highest BCUT2D eigenvalue weighted by Crippen LogP contribution is 2.41. The molecule has 0 saturated heterocycles. The molecule has 2 aliphatic rings. The van der Waals surface area contributed by atoms with Gasteiger partial charge in [0.2, 0.25) is 21.9 Å². The average Bonchev–Trinajstić information content (AvgIpc) is 3.21. The quantitative estimate of drug-likeness (QED) is 0.385. The number of aliphatic imine (C=N–C) groups is 1. The fraction of sp³-hybridized carbons (Fsp3) is 0.429. The van der Waals surface area contributed by atoms with E-state index in [0.717, 1.165) is 0 Å². The maximum atomic E-state index is 14.1. The molecular formula is C28H32ClF3N4O3S. The smallest absolute Gasteiger partial charge is 0.248 e. The first-order chi connectivity index (χ1) is 18.7. The lowest BCUT2D eigenvalue weighted by molar-refractivity contribution is -0.128. The van der Waals surface area contributed by atoms with Crippen LogP contribution in [0.2, 0.25) is 5.02 Å². The summed E-state index contributed by atoms with van der Waals surface area (Å²) in [7, 11) is -3.95. The molecule has 2 aromatic carbocycles. The lowest BCUT2D eigenvalue weighted by atomic mass is 9.81. The van der Waals surface area contributed by atoms with Crippen molar-refractivity contribution in [2.75, 3.05) is 13.1 Å². The van der Waals surface area contributed by atoms with Crippen LogP contribution in [0.25, 0.3) is 0 Å². The molecule has 40 heavy (non-hydrogen) atoms. The number of benzene rings is 2. The van der Waals surface area contributed by atoms with Crippen molar-refractivity contribution in [3.8, 4) is 0 Å². The predicted molar refractivity (Wildman–Crippen MR) is 148 cm³/mol. The standard InChI is InChI=1S/C28H32ClF3N4O3S/c1-18(25-34-24(27(2,3)35-25)26(37)33-16-20-14-28(31,32)15-20)11-12-36(17-19-9-10-22(29)23(30)13-19)40(38,39)21-7-5-4-6-8-21/h4-10,13,20,24H,1,11-12,14-17H2,2-3H3,(H,33,37)(H,34,35)/t24-/m1/s1. The summed E-state index contributed by atoms with van der Waals surface area (Å²) in [5.74, 6) is -3.55. The molecule has 1 atom stereocenters. The number of hydrogen-bond donors (Lipinski definition) is 2. The molecule has 1 fully saturated rings. The van der Waals surface area contributed by atoms with Crippen LogP contribution in [-0.2, 0) is 21.4 Å². The van der Waals surface area contributed by atoms with Crippen LogP contribution in [0.1, 0.15) is 38.7 Å². The van der Waals surface area contributed by atoms with Crippen molar-refractivity contribution in [3.63, 3.8) is 0 Å². The monoisotopic (exact) mass is 596 g/mol. The molecule has 0 aromatic heterocycles. The van der Waals surface area contributed by atoms with Gasteiger partial charge in [-0.2, -0.15) is 4.31 Å². The van der Waals surface area contributed by atoms with Gasteiger partial charge in [0, 0.05) is 32.5 Å². The third-order valence-electron chi connectivity index (χ3n) is 7.11. The van der Waals surface area contributed by atoms with E-state index in [1.165, 1.54) is 28.6 Å². The Morgan fingerprint density at radius 1 is 1.20 bits per heavy atom. The molecule has 1 aliphatic heterocycles. The zero-order chi connectivity index (χ0) is 29.3. The second kappa shape index (κ2) is 11.5. The number of carbonyl (C=O) groups excluding carboxylic acids is 1. The van der Waals surface area contributed by atoms with E-state index in [2.05, 4.69) is 22.2 Å². The highest BCUT2D eigenvalue weighted by atomic mass is 35.5. The topological polar surface area (TPSA) is 90.9 Å². The minimum absolute atomic E-state index is 0.00812. The molecular weight excluding hydrogens is 565 g/mol. The van der Waals surface area contributed by atoms with E-state index in [-0.39, 0.29) is 60.6 Å². The van der Waals surface area contributed by atoms with Gasteiger partial charge in [-0.25, -0.2) is 21.6 Å². The fourth-order valence-corrected chi connectivity index (χ4v) is 6.35. The number of rotatable bonds is 11. The minimum atomic E-state index is -3.95. The lowest BCUT2D eigenvalue weighted by Crippen LogP contribution is -2.53. The number of hydrogen-bond acceptors (Lipinski definition) is 5. The molecule has 0 radical (unpaired) electrons. The zero-order valence-corrected chi connectivity index (χ0v) is 23.8. The second-order valence-electron chi connectivity index (χ2n) is 10.8. The first-order valence-corrected chi connectivity index (χ1v) is 14.7. The normalized spacial score (nSPS) is 20.0. The molecule has 2 N–H and O–H groups in total. The van der Waals surface area contributed by atoms with Crippen LogP contribution in [0.4, 0.5) is 13.2 Å². The van der Waals surface area contributed by atoms with Gasteiger partial charge in [-0.05, 0) is 61.6 Å². The van der Waals surface area contributed by atoms with Crippen molar-refractivity contribution in [2.24, 2.45) is 10.9 Å². The van der Waals surface area contributed by atoms with Crippen LogP contribution < -0.4 is 10.6 Å². The molecule has 1 heterocycles. The molecule has 216 valence electrons. The molecule has 0 unspecified atom stereocenters. The predicted octanol–water partition coefficient (Wildman–Crippen LogP) is 4.93. The molecule has 2 aromatic rings. The van der Waals surface area contributed by atoms with Gasteiger partial charge in [-0.1, -0.05) is 42.4 Å². The SMILES string of the molecule is C=C(CCN(Cc1ccc(Cl)c(F)c1)S(=O)(=O)c1ccccc1)C1=NC(C)(C)[C@@H](C(=O)NCC2CC(F)(F)C2)N1. The van der Waals surface area contributed by atoms with Gasteiger partial charge in [-0.15, -0.1) is 0 Å². The van der Waals surface area contributed by atoms with E-state index in [4.69, 9.17) is 11.6 Å². The van der Waals surface area contributed by atoms with Crippen LogP contribution >= 0.6 is 11.6 Å². The summed E-state index contributed by atoms with van der Waals surface area (Å²) in [6, 6.07) is 11.3. The van der Waals surface area contributed by atoms with Crippen LogP contribution in [-0.4, -0.2) is 55.1 Å². The van der Waals surface area contributed by atoms with Crippen molar-refractivity contribution in [1.29, 1.82) is 0 Å². The number of carbonyl (C=O) groups is 1. The molecule has 1 saturated carbocycles. The molecule has 4 rings (SSSR count). The Morgan fingerprint density at radius 2 is 1.88 bits per heavy atom. The molecule has 1 aliphatic carbocycles. The second-order valence-corrected chi connectivity index (χ2v) is 13.2. The molecule has 0 spiro atoms. The summed E-state index contributed by atoms with van der Waals surface area (Å²) in [6.45, 7) is 7.66. The summed E-state index contributed by atoms with van der Waals surface area (Å²) in [4.78, 5) is 17.5.